The van der Waals surface area contributed by atoms with Crippen LogP contribution in [0.25, 0.3) is 0 Å². The first-order chi connectivity index (χ1) is 8.24. The molecule has 0 amide bonds. The molecule has 0 radical (unpaired) electrons. The minimum Gasteiger partial charge on any atom is -0.304 e. The Morgan fingerprint density at radius 2 is 2.24 bits per heavy atom. The minimum absolute atomic E-state index is 0.00410. The van der Waals surface area contributed by atoms with Crippen molar-refractivity contribution in [3.63, 3.8) is 0 Å². The minimum atomic E-state index is -0.00410. The predicted molar refractivity (Wildman–Crippen MR) is 68.5 cm³/mol. The van der Waals surface area contributed by atoms with Gasteiger partial charge in [-0.15, -0.1) is 0 Å². The molecule has 2 aromatic heterocycles. The average molecular weight is 296 g/mol. The summed E-state index contributed by atoms with van der Waals surface area (Å²) in [5.41, 5.74) is 1.94. The van der Waals surface area contributed by atoms with Crippen molar-refractivity contribution in [2.45, 2.75) is 13.0 Å². The van der Waals surface area contributed by atoms with Gasteiger partial charge in [0.1, 0.15) is 0 Å². The van der Waals surface area contributed by atoms with E-state index in [1.165, 1.54) is 0 Å². The number of aromatic nitrogens is 4. The molecule has 90 valence electrons. The van der Waals surface area contributed by atoms with Crippen LogP contribution in [0, 0.1) is 0 Å². The van der Waals surface area contributed by atoms with Crippen molar-refractivity contribution in [3.05, 3.63) is 40.6 Å². The molecule has 17 heavy (non-hydrogen) atoms. The molecule has 1 N–H and O–H groups in total. The van der Waals surface area contributed by atoms with Crippen molar-refractivity contribution in [2.75, 3.05) is 6.54 Å². The van der Waals surface area contributed by atoms with E-state index < -0.39 is 0 Å². The van der Waals surface area contributed by atoms with Gasteiger partial charge in [-0.2, -0.15) is 5.10 Å². The number of rotatable bonds is 4. The molecule has 5 nitrogen and oxygen atoms in total. The van der Waals surface area contributed by atoms with Crippen molar-refractivity contribution in [1.82, 2.24) is 25.1 Å². The summed E-state index contributed by atoms with van der Waals surface area (Å²) in [5.74, 6) is 0. The summed E-state index contributed by atoms with van der Waals surface area (Å²) in [6.07, 6.45) is 6.93. The first kappa shape index (κ1) is 12.2. The average Bonchev–Trinajstić information content (AvgIpc) is 2.68. The van der Waals surface area contributed by atoms with Gasteiger partial charge < -0.3 is 5.32 Å². The zero-order valence-electron chi connectivity index (χ0n) is 9.76. The molecule has 2 heterocycles. The standard InChI is InChI=1S/C11H14BrN5/c1-3-14-10(9-7-13-4-5-15-9)11-8(12)6-16-17(11)2/h4-7,10,14H,3H2,1-2H3. The molecule has 2 rings (SSSR count). The Morgan fingerprint density at radius 1 is 1.41 bits per heavy atom. The highest BCUT2D eigenvalue weighted by atomic mass is 79.9. The number of hydrogen-bond donors (Lipinski definition) is 1. The van der Waals surface area contributed by atoms with Crippen molar-refractivity contribution >= 4 is 15.9 Å². The fourth-order valence-corrected chi connectivity index (χ4v) is 2.33. The van der Waals surface area contributed by atoms with Crippen LogP contribution in [-0.4, -0.2) is 26.3 Å². The number of hydrogen-bond acceptors (Lipinski definition) is 4. The lowest BCUT2D eigenvalue weighted by atomic mass is 10.1. The highest BCUT2D eigenvalue weighted by Crippen LogP contribution is 2.26. The fourth-order valence-electron chi connectivity index (χ4n) is 1.75. The molecule has 0 fully saturated rings. The van der Waals surface area contributed by atoms with E-state index in [-0.39, 0.29) is 6.04 Å². The van der Waals surface area contributed by atoms with Gasteiger partial charge in [0.05, 0.1) is 34.3 Å². The number of halogens is 1. The van der Waals surface area contributed by atoms with Crippen LogP contribution >= 0.6 is 15.9 Å². The summed E-state index contributed by atoms with van der Waals surface area (Å²) >= 11 is 3.51. The summed E-state index contributed by atoms with van der Waals surface area (Å²) in [7, 11) is 1.92. The van der Waals surface area contributed by atoms with Crippen LogP contribution in [-0.2, 0) is 7.05 Å². The molecule has 0 aliphatic carbocycles. The highest BCUT2D eigenvalue weighted by molar-refractivity contribution is 9.10. The molecule has 1 atom stereocenters. The second-order valence-corrected chi connectivity index (χ2v) is 4.48. The molecule has 0 spiro atoms. The van der Waals surface area contributed by atoms with E-state index in [0.717, 1.165) is 22.4 Å². The second-order valence-electron chi connectivity index (χ2n) is 3.62. The molecule has 0 bridgehead atoms. The zero-order chi connectivity index (χ0) is 12.3. The summed E-state index contributed by atoms with van der Waals surface area (Å²) in [6, 6.07) is -0.00410. The third-order valence-electron chi connectivity index (χ3n) is 2.50. The number of nitrogens with zero attached hydrogens (tertiary/aromatic N) is 4. The SMILES string of the molecule is CCNC(c1cnccn1)c1c(Br)cnn1C. The lowest BCUT2D eigenvalue weighted by molar-refractivity contribution is 0.558. The van der Waals surface area contributed by atoms with Gasteiger partial charge in [0.15, 0.2) is 0 Å². The van der Waals surface area contributed by atoms with Crippen LogP contribution in [0.1, 0.15) is 24.4 Å². The molecule has 0 aliphatic rings. The maximum absolute atomic E-state index is 4.35. The molecule has 6 heteroatoms. The van der Waals surface area contributed by atoms with E-state index in [9.17, 15) is 0 Å². The van der Waals surface area contributed by atoms with Gasteiger partial charge in [0.25, 0.3) is 0 Å². The van der Waals surface area contributed by atoms with Crippen LogP contribution in [0.4, 0.5) is 0 Å². The van der Waals surface area contributed by atoms with E-state index in [2.05, 4.69) is 43.2 Å². The van der Waals surface area contributed by atoms with Crippen LogP contribution in [0.5, 0.6) is 0 Å². The van der Waals surface area contributed by atoms with Crippen molar-refractivity contribution in [3.8, 4) is 0 Å². The van der Waals surface area contributed by atoms with E-state index in [1.54, 1.807) is 24.8 Å². The van der Waals surface area contributed by atoms with E-state index >= 15 is 0 Å². The van der Waals surface area contributed by atoms with E-state index in [4.69, 9.17) is 0 Å². The molecule has 1 unspecified atom stereocenters. The quantitative estimate of drug-likeness (QED) is 0.932. The van der Waals surface area contributed by atoms with E-state index in [1.807, 2.05) is 11.7 Å². The van der Waals surface area contributed by atoms with Crippen molar-refractivity contribution in [2.24, 2.45) is 7.05 Å². The summed E-state index contributed by atoms with van der Waals surface area (Å²) in [4.78, 5) is 8.46. The van der Waals surface area contributed by atoms with Crippen molar-refractivity contribution in [1.29, 1.82) is 0 Å². The molecule has 2 aromatic rings. The highest BCUT2D eigenvalue weighted by Gasteiger charge is 2.21. The van der Waals surface area contributed by atoms with Crippen LogP contribution in [0.3, 0.4) is 0 Å². The molecular weight excluding hydrogens is 282 g/mol. The Balaban J connectivity index is 2.43. The Kier molecular flexibility index (Phi) is 3.86. The predicted octanol–water partition coefficient (Wildman–Crippen LogP) is 1.67. The first-order valence-electron chi connectivity index (χ1n) is 5.40. The molecule has 0 saturated carbocycles. The monoisotopic (exact) mass is 295 g/mol. The smallest absolute Gasteiger partial charge is 0.0948 e. The first-order valence-corrected chi connectivity index (χ1v) is 6.20. The summed E-state index contributed by atoms with van der Waals surface area (Å²) in [5, 5.41) is 7.62. The fraction of sp³-hybridized carbons (Fsp3) is 0.364. The largest absolute Gasteiger partial charge is 0.304 e. The van der Waals surface area contributed by atoms with Crippen LogP contribution < -0.4 is 5.32 Å². The normalized spacial score (nSPS) is 12.6. The molecule has 0 saturated heterocycles. The van der Waals surface area contributed by atoms with Crippen molar-refractivity contribution < 1.29 is 0 Å². The van der Waals surface area contributed by atoms with Gasteiger partial charge >= 0.3 is 0 Å². The molecular formula is C11H14BrN5. The lowest BCUT2D eigenvalue weighted by Gasteiger charge is -2.17. The maximum Gasteiger partial charge on any atom is 0.0948 e. The van der Waals surface area contributed by atoms with Gasteiger partial charge in [-0.25, -0.2) is 0 Å². The molecule has 0 aliphatic heterocycles. The third kappa shape index (κ3) is 2.53. The third-order valence-corrected chi connectivity index (χ3v) is 3.11. The van der Waals surface area contributed by atoms with Crippen LogP contribution in [0.15, 0.2) is 29.3 Å². The Bertz CT molecular complexity index is 462. The van der Waals surface area contributed by atoms with Gasteiger partial charge in [-0.05, 0) is 22.5 Å². The lowest BCUT2D eigenvalue weighted by Crippen LogP contribution is -2.25. The Labute approximate surface area is 108 Å². The summed E-state index contributed by atoms with van der Waals surface area (Å²) in [6.45, 7) is 2.91. The number of nitrogens with one attached hydrogen (secondary N) is 1. The van der Waals surface area contributed by atoms with Crippen LogP contribution in [0.2, 0.25) is 0 Å². The van der Waals surface area contributed by atoms with Gasteiger partial charge in [0, 0.05) is 19.4 Å². The Morgan fingerprint density at radius 3 is 2.76 bits per heavy atom. The molecule has 0 aromatic carbocycles. The summed E-state index contributed by atoms with van der Waals surface area (Å²) < 4.78 is 2.81. The zero-order valence-corrected chi connectivity index (χ0v) is 11.3. The van der Waals surface area contributed by atoms with Gasteiger partial charge in [-0.1, -0.05) is 6.92 Å². The maximum atomic E-state index is 4.35. The van der Waals surface area contributed by atoms with Gasteiger partial charge in [0.2, 0.25) is 0 Å². The van der Waals surface area contributed by atoms with E-state index in [0.29, 0.717) is 0 Å². The number of aryl methyl sites for hydroxylation is 1. The van der Waals surface area contributed by atoms with Gasteiger partial charge in [-0.3, -0.25) is 14.6 Å². The topological polar surface area (TPSA) is 55.6 Å². The Hall–Kier alpha value is -1.27. The second kappa shape index (κ2) is 5.37.